The monoisotopic (exact) mass is 496 g/mol. The topological polar surface area (TPSA) is 50.8 Å². The van der Waals surface area contributed by atoms with Crippen molar-refractivity contribution in [3.8, 4) is 22.6 Å². The fraction of sp³-hybridized carbons (Fsp3) is 0.344. The zero-order valence-electron chi connectivity index (χ0n) is 21.9. The zero-order valence-corrected chi connectivity index (χ0v) is 21.9. The maximum atomic E-state index is 13.3. The SMILES string of the molecule is Cc1ccc(-c2ccc3c(c2)C=C(C(=O)Nc2ccc(C)c(OCCN4CCCCC4)c2)CCO3)cc1. The van der Waals surface area contributed by atoms with E-state index in [0.717, 1.165) is 59.1 Å². The van der Waals surface area contributed by atoms with Crippen LogP contribution in [0.1, 0.15) is 42.4 Å². The molecule has 3 aromatic carbocycles. The maximum absolute atomic E-state index is 13.3. The first-order valence-corrected chi connectivity index (χ1v) is 13.4. The first kappa shape index (κ1) is 25.1. The molecule has 37 heavy (non-hydrogen) atoms. The summed E-state index contributed by atoms with van der Waals surface area (Å²) in [4.78, 5) is 15.7. The molecule has 0 spiro atoms. The molecule has 1 amide bonds. The number of hydrogen-bond acceptors (Lipinski definition) is 4. The van der Waals surface area contributed by atoms with Crippen molar-refractivity contribution in [3.05, 3.63) is 82.9 Å². The smallest absolute Gasteiger partial charge is 0.251 e. The number of amides is 1. The van der Waals surface area contributed by atoms with Crippen LogP contribution in [0, 0.1) is 13.8 Å². The van der Waals surface area contributed by atoms with Crippen molar-refractivity contribution < 1.29 is 14.3 Å². The van der Waals surface area contributed by atoms with Crippen LogP contribution in [-0.2, 0) is 4.79 Å². The van der Waals surface area contributed by atoms with Gasteiger partial charge in [-0.25, -0.2) is 0 Å². The summed E-state index contributed by atoms with van der Waals surface area (Å²) < 4.78 is 12.1. The van der Waals surface area contributed by atoms with Crippen LogP contribution in [0.15, 0.2) is 66.2 Å². The minimum absolute atomic E-state index is 0.111. The van der Waals surface area contributed by atoms with E-state index in [4.69, 9.17) is 9.47 Å². The number of fused-ring (bicyclic) bond motifs is 1. The summed E-state index contributed by atoms with van der Waals surface area (Å²) in [5.74, 6) is 1.51. The summed E-state index contributed by atoms with van der Waals surface area (Å²) in [6, 6.07) is 20.5. The number of piperidine rings is 1. The van der Waals surface area contributed by atoms with E-state index >= 15 is 0 Å². The van der Waals surface area contributed by atoms with Crippen molar-refractivity contribution in [2.75, 3.05) is 38.2 Å². The van der Waals surface area contributed by atoms with Gasteiger partial charge in [-0.05, 0) is 80.7 Å². The summed E-state index contributed by atoms with van der Waals surface area (Å²) in [7, 11) is 0. The third kappa shape index (κ3) is 6.41. The molecule has 5 rings (SSSR count). The highest BCUT2D eigenvalue weighted by atomic mass is 16.5. The van der Waals surface area contributed by atoms with E-state index in [0.29, 0.717) is 25.2 Å². The van der Waals surface area contributed by atoms with Gasteiger partial charge >= 0.3 is 0 Å². The number of ether oxygens (including phenoxy) is 2. The Kier molecular flexibility index (Phi) is 7.90. The van der Waals surface area contributed by atoms with E-state index < -0.39 is 0 Å². The van der Waals surface area contributed by atoms with E-state index in [9.17, 15) is 4.79 Å². The van der Waals surface area contributed by atoms with Gasteiger partial charge in [-0.2, -0.15) is 0 Å². The summed E-state index contributed by atoms with van der Waals surface area (Å²) in [5.41, 5.74) is 6.90. The third-order valence-corrected chi connectivity index (χ3v) is 7.20. The number of likely N-dealkylation sites (tertiary alicyclic amines) is 1. The molecule has 0 bridgehead atoms. The molecule has 3 aromatic rings. The van der Waals surface area contributed by atoms with Crippen LogP contribution in [0.5, 0.6) is 11.5 Å². The number of rotatable bonds is 7. The number of carbonyl (C=O) groups excluding carboxylic acids is 1. The Labute approximate surface area is 220 Å². The van der Waals surface area contributed by atoms with Gasteiger partial charge in [0, 0.05) is 35.9 Å². The predicted molar refractivity (Wildman–Crippen MR) is 150 cm³/mol. The number of anilines is 1. The molecule has 2 aliphatic heterocycles. The van der Waals surface area contributed by atoms with Gasteiger partial charge in [0.05, 0.1) is 6.61 Å². The summed E-state index contributed by atoms with van der Waals surface area (Å²) >= 11 is 0. The number of carbonyl (C=O) groups is 1. The molecule has 0 radical (unpaired) electrons. The average molecular weight is 497 g/mol. The molecule has 0 atom stereocenters. The van der Waals surface area contributed by atoms with Crippen molar-refractivity contribution in [2.24, 2.45) is 0 Å². The number of aryl methyl sites for hydroxylation is 2. The maximum Gasteiger partial charge on any atom is 0.251 e. The van der Waals surface area contributed by atoms with Gasteiger partial charge in [-0.3, -0.25) is 9.69 Å². The summed E-state index contributed by atoms with van der Waals surface area (Å²) in [6.07, 6.45) is 6.39. The number of nitrogens with zero attached hydrogens (tertiary/aromatic N) is 1. The highest BCUT2D eigenvalue weighted by Crippen LogP contribution is 2.32. The normalized spacial score (nSPS) is 15.7. The Hall–Kier alpha value is -3.57. The Morgan fingerprint density at radius 3 is 2.54 bits per heavy atom. The van der Waals surface area contributed by atoms with E-state index in [-0.39, 0.29) is 5.91 Å². The van der Waals surface area contributed by atoms with Crippen LogP contribution in [0.3, 0.4) is 0 Å². The van der Waals surface area contributed by atoms with Gasteiger partial charge < -0.3 is 14.8 Å². The van der Waals surface area contributed by atoms with E-state index in [1.807, 2.05) is 37.3 Å². The molecule has 1 saturated heterocycles. The molecule has 0 saturated carbocycles. The highest BCUT2D eigenvalue weighted by molar-refractivity contribution is 6.07. The molecule has 5 nitrogen and oxygen atoms in total. The Bertz CT molecular complexity index is 1270. The Balaban J connectivity index is 1.28. The van der Waals surface area contributed by atoms with Crippen molar-refractivity contribution >= 4 is 17.7 Å². The highest BCUT2D eigenvalue weighted by Gasteiger charge is 2.17. The molecule has 0 aromatic heterocycles. The Morgan fingerprint density at radius 2 is 1.73 bits per heavy atom. The van der Waals surface area contributed by atoms with Crippen molar-refractivity contribution in [2.45, 2.75) is 39.5 Å². The lowest BCUT2D eigenvalue weighted by Crippen LogP contribution is -2.33. The minimum atomic E-state index is -0.111. The molecule has 2 heterocycles. The van der Waals surface area contributed by atoms with Crippen molar-refractivity contribution in [1.29, 1.82) is 0 Å². The lowest BCUT2D eigenvalue weighted by Gasteiger charge is -2.26. The van der Waals surface area contributed by atoms with Gasteiger partial charge in [0.25, 0.3) is 5.91 Å². The number of benzene rings is 3. The van der Waals surface area contributed by atoms with Gasteiger partial charge in [0.15, 0.2) is 0 Å². The van der Waals surface area contributed by atoms with Crippen molar-refractivity contribution in [3.63, 3.8) is 0 Å². The average Bonchev–Trinajstić information content (AvgIpc) is 3.14. The molecule has 1 N–H and O–H groups in total. The fourth-order valence-corrected chi connectivity index (χ4v) is 4.94. The van der Waals surface area contributed by atoms with Crippen LogP contribution < -0.4 is 14.8 Å². The molecule has 5 heteroatoms. The van der Waals surface area contributed by atoms with E-state index in [1.54, 1.807) is 0 Å². The largest absolute Gasteiger partial charge is 0.493 e. The Morgan fingerprint density at radius 1 is 0.946 bits per heavy atom. The fourth-order valence-electron chi connectivity index (χ4n) is 4.94. The molecule has 0 unspecified atom stereocenters. The standard InChI is InChI=1S/C32H36N2O3/c1-23-6-9-25(10-7-23)26-11-13-30-28(20-26)21-27(14-18-36-30)32(35)33-29-12-8-24(2)31(22-29)37-19-17-34-15-4-3-5-16-34/h6-13,20-22H,3-5,14-19H2,1-2H3,(H,33,35). The second-order valence-corrected chi connectivity index (χ2v) is 10.1. The summed E-state index contributed by atoms with van der Waals surface area (Å²) in [6.45, 7) is 8.50. The van der Waals surface area contributed by atoms with Crippen LogP contribution >= 0.6 is 0 Å². The van der Waals surface area contributed by atoms with Gasteiger partial charge in [0.2, 0.25) is 0 Å². The zero-order chi connectivity index (χ0) is 25.6. The summed E-state index contributed by atoms with van der Waals surface area (Å²) in [5, 5.41) is 3.08. The predicted octanol–water partition coefficient (Wildman–Crippen LogP) is 6.64. The molecular formula is C32H36N2O3. The first-order chi connectivity index (χ1) is 18.0. The molecular weight excluding hydrogens is 460 g/mol. The van der Waals surface area contributed by atoms with Gasteiger partial charge in [-0.15, -0.1) is 0 Å². The second kappa shape index (κ2) is 11.7. The van der Waals surface area contributed by atoms with E-state index in [1.165, 1.54) is 24.8 Å². The number of nitrogens with one attached hydrogen (secondary N) is 1. The van der Waals surface area contributed by atoms with Crippen LogP contribution in [0.4, 0.5) is 5.69 Å². The number of hydrogen-bond donors (Lipinski definition) is 1. The lowest BCUT2D eigenvalue weighted by molar-refractivity contribution is -0.113. The van der Waals surface area contributed by atoms with Crippen LogP contribution in [0.25, 0.3) is 17.2 Å². The second-order valence-electron chi connectivity index (χ2n) is 10.1. The van der Waals surface area contributed by atoms with Crippen molar-refractivity contribution in [1.82, 2.24) is 4.90 Å². The quantitative estimate of drug-likeness (QED) is 0.398. The molecule has 0 aliphatic carbocycles. The molecule has 192 valence electrons. The van der Waals surface area contributed by atoms with Crippen LogP contribution in [0.2, 0.25) is 0 Å². The third-order valence-electron chi connectivity index (χ3n) is 7.20. The van der Waals surface area contributed by atoms with Gasteiger partial charge in [-0.1, -0.05) is 48.4 Å². The molecule has 2 aliphatic rings. The van der Waals surface area contributed by atoms with E-state index in [2.05, 4.69) is 53.5 Å². The van der Waals surface area contributed by atoms with Crippen LogP contribution in [-0.4, -0.2) is 43.7 Å². The van der Waals surface area contributed by atoms with Gasteiger partial charge in [0.1, 0.15) is 18.1 Å². The minimum Gasteiger partial charge on any atom is -0.493 e. The molecule has 1 fully saturated rings. The first-order valence-electron chi connectivity index (χ1n) is 13.4. The lowest BCUT2D eigenvalue weighted by atomic mass is 10.00.